The van der Waals surface area contributed by atoms with Crippen molar-refractivity contribution in [2.75, 3.05) is 0 Å². The van der Waals surface area contributed by atoms with Gasteiger partial charge >= 0.3 is 5.69 Å². The van der Waals surface area contributed by atoms with Crippen LogP contribution in [0.1, 0.15) is 54.2 Å². The van der Waals surface area contributed by atoms with Crippen LogP contribution in [0.25, 0.3) is 22.6 Å². The molecule has 0 bridgehead atoms. The van der Waals surface area contributed by atoms with Gasteiger partial charge in [0, 0.05) is 11.6 Å². The molecule has 1 aliphatic rings. The van der Waals surface area contributed by atoms with Crippen molar-refractivity contribution < 1.29 is 9.53 Å². The molecule has 0 radical (unpaired) electrons. The molecule has 5 rings (SSSR count). The van der Waals surface area contributed by atoms with E-state index in [1.807, 2.05) is 54.6 Å². The number of nitrogens with two attached hydrogens (primary N) is 1. The Hall–Kier alpha value is -3.94. The number of nitrogens with one attached hydrogen (secondary N) is 1. The second kappa shape index (κ2) is 8.90. The first kappa shape index (κ1) is 20.9. The van der Waals surface area contributed by atoms with E-state index in [2.05, 4.69) is 15.0 Å². The van der Waals surface area contributed by atoms with Crippen LogP contribution in [-0.2, 0) is 6.61 Å². The lowest BCUT2D eigenvalue weighted by Crippen LogP contribution is -2.24. The first-order chi connectivity index (χ1) is 16.1. The summed E-state index contributed by atoms with van der Waals surface area (Å²) in [6, 6.07) is 17.3. The van der Waals surface area contributed by atoms with Crippen molar-refractivity contribution >= 4 is 17.1 Å². The molecule has 2 aromatic heterocycles. The number of benzene rings is 2. The van der Waals surface area contributed by atoms with Crippen molar-refractivity contribution in [1.29, 1.82) is 0 Å². The number of carbonyl (C=O) groups is 1. The van der Waals surface area contributed by atoms with Gasteiger partial charge in [-0.15, -0.1) is 0 Å². The highest BCUT2D eigenvalue weighted by Crippen LogP contribution is 2.30. The third-order valence-corrected chi connectivity index (χ3v) is 6.10. The minimum Gasteiger partial charge on any atom is -0.489 e. The van der Waals surface area contributed by atoms with Crippen molar-refractivity contribution in [2.24, 2.45) is 5.73 Å². The van der Waals surface area contributed by atoms with E-state index in [4.69, 9.17) is 10.5 Å². The van der Waals surface area contributed by atoms with Crippen LogP contribution in [0.15, 0.2) is 59.4 Å². The molecule has 1 aliphatic carbocycles. The number of imidazole rings is 1. The Morgan fingerprint density at radius 2 is 1.76 bits per heavy atom. The number of rotatable bonds is 6. The van der Waals surface area contributed by atoms with E-state index in [-0.39, 0.29) is 17.4 Å². The van der Waals surface area contributed by atoms with E-state index in [9.17, 15) is 9.59 Å². The summed E-state index contributed by atoms with van der Waals surface area (Å²) in [6.07, 6.45) is 5.11. The number of primary amides is 1. The second-order valence-corrected chi connectivity index (χ2v) is 8.35. The Labute approximate surface area is 190 Å². The molecular weight excluding hydrogens is 418 g/mol. The zero-order valence-electron chi connectivity index (χ0n) is 18.2. The molecule has 1 amide bonds. The topological polar surface area (TPSA) is 116 Å². The van der Waals surface area contributed by atoms with E-state index in [0.29, 0.717) is 34.9 Å². The molecule has 33 heavy (non-hydrogen) atoms. The Morgan fingerprint density at radius 1 is 1.03 bits per heavy atom. The first-order valence-electron chi connectivity index (χ1n) is 11.2. The molecule has 168 valence electrons. The zero-order chi connectivity index (χ0) is 22.8. The highest BCUT2D eigenvalue weighted by atomic mass is 16.5. The number of amides is 1. The lowest BCUT2D eigenvalue weighted by atomic mass is 9.95. The molecule has 8 nitrogen and oxygen atoms in total. The van der Waals surface area contributed by atoms with E-state index < -0.39 is 5.91 Å². The Morgan fingerprint density at radius 3 is 2.45 bits per heavy atom. The summed E-state index contributed by atoms with van der Waals surface area (Å²) in [5.41, 5.74) is 7.84. The predicted molar refractivity (Wildman–Crippen MR) is 125 cm³/mol. The van der Waals surface area contributed by atoms with Gasteiger partial charge in [-0.3, -0.25) is 9.36 Å². The number of nitrogens with zero attached hydrogens (tertiary/aromatic N) is 3. The number of hydrogen-bond donors (Lipinski definition) is 2. The molecule has 0 saturated heterocycles. The number of aromatic nitrogens is 4. The maximum absolute atomic E-state index is 12.8. The lowest BCUT2D eigenvalue weighted by molar-refractivity contribution is 0.0997. The maximum Gasteiger partial charge on any atom is 0.327 e. The number of ether oxygens (including phenoxy) is 1. The van der Waals surface area contributed by atoms with Gasteiger partial charge in [-0.1, -0.05) is 49.6 Å². The quantitative estimate of drug-likeness (QED) is 0.468. The Bertz CT molecular complexity index is 1340. The van der Waals surface area contributed by atoms with Crippen LogP contribution < -0.4 is 16.2 Å². The molecule has 4 aromatic rings. The third kappa shape index (κ3) is 4.24. The SMILES string of the molecule is NC(=O)c1nc(-c2ccc(OCc3ccccc3)cc2)nc2c1[nH]c(=O)n2C1CCCCC1. The number of fused-ring (bicyclic) bond motifs is 1. The largest absolute Gasteiger partial charge is 0.489 e. The van der Waals surface area contributed by atoms with Crippen LogP contribution in [0.5, 0.6) is 5.75 Å². The Kier molecular flexibility index (Phi) is 5.64. The molecule has 0 unspecified atom stereocenters. The maximum atomic E-state index is 12.8. The summed E-state index contributed by atoms with van der Waals surface area (Å²) >= 11 is 0. The minimum absolute atomic E-state index is 0.0195. The monoisotopic (exact) mass is 443 g/mol. The molecule has 8 heteroatoms. The van der Waals surface area contributed by atoms with Crippen LogP contribution in [0.3, 0.4) is 0 Å². The van der Waals surface area contributed by atoms with Crippen molar-refractivity contribution in [3.05, 3.63) is 76.3 Å². The van der Waals surface area contributed by atoms with Crippen LogP contribution in [0, 0.1) is 0 Å². The van der Waals surface area contributed by atoms with Gasteiger partial charge in [0.05, 0.1) is 0 Å². The summed E-state index contributed by atoms with van der Waals surface area (Å²) in [4.78, 5) is 36.7. The van der Waals surface area contributed by atoms with Crippen LogP contribution >= 0.6 is 0 Å². The van der Waals surface area contributed by atoms with Crippen molar-refractivity contribution in [1.82, 2.24) is 19.5 Å². The third-order valence-electron chi connectivity index (χ3n) is 6.10. The lowest BCUT2D eigenvalue weighted by Gasteiger charge is -2.22. The summed E-state index contributed by atoms with van der Waals surface area (Å²) in [6.45, 7) is 0.464. The number of H-pyrrole nitrogens is 1. The van der Waals surface area contributed by atoms with Gasteiger partial charge in [0.1, 0.15) is 17.9 Å². The summed E-state index contributed by atoms with van der Waals surface area (Å²) in [5, 5.41) is 0. The molecule has 2 heterocycles. The van der Waals surface area contributed by atoms with E-state index in [1.54, 1.807) is 4.57 Å². The van der Waals surface area contributed by atoms with E-state index in [1.165, 1.54) is 6.42 Å². The Balaban J connectivity index is 1.49. The molecular formula is C25H25N5O3. The van der Waals surface area contributed by atoms with Gasteiger partial charge in [-0.25, -0.2) is 14.8 Å². The number of carbonyl (C=O) groups excluding carboxylic acids is 1. The molecule has 0 aliphatic heterocycles. The highest BCUT2D eigenvalue weighted by Gasteiger charge is 2.24. The number of hydrogen-bond acceptors (Lipinski definition) is 5. The fraction of sp³-hybridized carbons (Fsp3) is 0.280. The van der Waals surface area contributed by atoms with Gasteiger partial charge in [0.25, 0.3) is 5.91 Å². The van der Waals surface area contributed by atoms with Gasteiger partial charge in [-0.2, -0.15) is 0 Å². The van der Waals surface area contributed by atoms with Gasteiger partial charge in [0.2, 0.25) is 0 Å². The molecule has 0 spiro atoms. The minimum atomic E-state index is -0.705. The van der Waals surface area contributed by atoms with Crippen molar-refractivity contribution in [3.63, 3.8) is 0 Å². The van der Waals surface area contributed by atoms with E-state index in [0.717, 1.165) is 31.2 Å². The molecule has 3 N–H and O–H groups in total. The van der Waals surface area contributed by atoms with Crippen molar-refractivity contribution in [2.45, 2.75) is 44.8 Å². The standard InChI is InChI=1S/C25H25N5O3/c26-22(31)20-21-24(30(25(32)28-21)18-9-5-2-6-10-18)29-23(27-20)17-11-13-19(14-12-17)33-15-16-7-3-1-4-8-16/h1,3-4,7-8,11-14,18H,2,5-6,9-10,15H2,(H2,26,31)(H,28,32). The second-order valence-electron chi connectivity index (χ2n) is 8.35. The summed E-state index contributed by atoms with van der Waals surface area (Å²) in [5.74, 6) is 0.345. The molecule has 0 atom stereocenters. The van der Waals surface area contributed by atoms with E-state index >= 15 is 0 Å². The molecule has 1 saturated carbocycles. The van der Waals surface area contributed by atoms with Gasteiger partial charge < -0.3 is 15.5 Å². The summed E-state index contributed by atoms with van der Waals surface area (Å²) in [7, 11) is 0. The van der Waals surface area contributed by atoms with Crippen LogP contribution in [-0.4, -0.2) is 25.4 Å². The first-order valence-corrected chi connectivity index (χ1v) is 11.2. The number of aromatic amines is 1. The van der Waals surface area contributed by atoms with Crippen LogP contribution in [0.4, 0.5) is 0 Å². The average molecular weight is 444 g/mol. The fourth-order valence-corrected chi connectivity index (χ4v) is 4.43. The fourth-order valence-electron chi connectivity index (χ4n) is 4.43. The zero-order valence-corrected chi connectivity index (χ0v) is 18.2. The predicted octanol–water partition coefficient (Wildman–Crippen LogP) is 3.97. The highest BCUT2D eigenvalue weighted by molar-refractivity contribution is 6.01. The van der Waals surface area contributed by atoms with Crippen molar-refractivity contribution in [3.8, 4) is 17.1 Å². The average Bonchev–Trinajstić information content (AvgIpc) is 3.19. The summed E-state index contributed by atoms with van der Waals surface area (Å²) < 4.78 is 7.52. The molecule has 2 aromatic carbocycles. The molecule has 1 fully saturated rings. The van der Waals surface area contributed by atoms with Crippen LogP contribution in [0.2, 0.25) is 0 Å². The normalized spacial score (nSPS) is 14.4. The smallest absolute Gasteiger partial charge is 0.327 e. The van der Waals surface area contributed by atoms with Gasteiger partial charge in [-0.05, 0) is 42.7 Å². The van der Waals surface area contributed by atoms with Gasteiger partial charge in [0.15, 0.2) is 17.2 Å².